The summed E-state index contributed by atoms with van der Waals surface area (Å²) in [5.41, 5.74) is -0.292. The molecular formula is C11H10ClF3N2O2. The first-order valence-electron chi connectivity index (χ1n) is 5.12. The van der Waals surface area contributed by atoms with E-state index in [9.17, 15) is 22.8 Å². The highest BCUT2D eigenvalue weighted by Crippen LogP contribution is 2.28. The number of alkyl halides is 4. The molecular weight excluding hydrogens is 285 g/mol. The Morgan fingerprint density at radius 1 is 1.16 bits per heavy atom. The van der Waals surface area contributed by atoms with Crippen molar-refractivity contribution < 1.29 is 22.8 Å². The minimum atomic E-state index is -4.39. The van der Waals surface area contributed by atoms with Crippen molar-refractivity contribution in [1.82, 2.24) is 10.6 Å². The summed E-state index contributed by atoms with van der Waals surface area (Å²) in [4.78, 5) is 21.9. The van der Waals surface area contributed by atoms with Crippen LogP contribution in [0.5, 0.6) is 0 Å². The summed E-state index contributed by atoms with van der Waals surface area (Å²) in [6, 6.07) is 3.56. The van der Waals surface area contributed by atoms with Crippen molar-refractivity contribution in [3.63, 3.8) is 0 Å². The first kappa shape index (κ1) is 15.3. The fourth-order valence-electron chi connectivity index (χ4n) is 1.20. The Balaban J connectivity index is 2.51. The summed E-state index contributed by atoms with van der Waals surface area (Å²) in [6.45, 7) is -0.000460. The van der Waals surface area contributed by atoms with E-state index in [0.29, 0.717) is 5.56 Å². The predicted octanol–water partition coefficient (Wildman–Crippen LogP) is 2.27. The van der Waals surface area contributed by atoms with Crippen molar-refractivity contribution in [2.24, 2.45) is 0 Å². The van der Waals surface area contributed by atoms with Crippen LogP contribution < -0.4 is 10.6 Å². The smallest absolute Gasteiger partial charge is 0.334 e. The highest BCUT2D eigenvalue weighted by atomic mass is 35.5. The van der Waals surface area contributed by atoms with Crippen LogP contribution in [0.2, 0.25) is 0 Å². The topological polar surface area (TPSA) is 58.2 Å². The molecule has 104 valence electrons. The first-order valence-corrected chi connectivity index (χ1v) is 5.66. The zero-order valence-electron chi connectivity index (χ0n) is 9.55. The molecule has 2 N–H and O–H groups in total. The Kier molecular flexibility index (Phi) is 5.17. The quantitative estimate of drug-likeness (QED) is 0.840. The molecule has 1 rings (SSSR count). The molecule has 8 heteroatoms. The van der Waals surface area contributed by atoms with Gasteiger partial charge in [0, 0.05) is 6.54 Å². The lowest BCUT2D eigenvalue weighted by Gasteiger charge is -2.08. The number of nitrogens with one attached hydrogen (secondary N) is 2. The summed E-state index contributed by atoms with van der Waals surface area (Å²) in [7, 11) is 0. The van der Waals surface area contributed by atoms with E-state index in [1.807, 2.05) is 5.32 Å². The largest absolute Gasteiger partial charge is 0.416 e. The van der Waals surface area contributed by atoms with Crippen LogP contribution in [0, 0.1) is 0 Å². The molecule has 0 saturated carbocycles. The van der Waals surface area contributed by atoms with Crippen molar-refractivity contribution in [2.45, 2.75) is 12.7 Å². The third-order valence-corrected chi connectivity index (χ3v) is 2.35. The van der Waals surface area contributed by atoms with Crippen LogP contribution in [0.15, 0.2) is 24.3 Å². The van der Waals surface area contributed by atoms with E-state index >= 15 is 0 Å². The maximum Gasteiger partial charge on any atom is 0.416 e. The lowest BCUT2D eigenvalue weighted by Crippen LogP contribution is -2.39. The Labute approximate surface area is 111 Å². The molecule has 3 amide bonds. The normalized spacial score (nSPS) is 10.9. The molecule has 0 fully saturated rings. The predicted molar refractivity (Wildman–Crippen MR) is 62.5 cm³/mol. The van der Waals surface area contributed by atoms with E-state index in [1.165, 1.54) is 12.1 Å². The third kappa shape index (κ3) is 5.17. The van der Waals surface area contributed by atoms with E-state index < -0.39 is 23.7 Å². The molecule has 0 aliphatic carbocycles. The van der Waals surface area contributed by atoms with E-state index in [4.69, 9.17) is 11.6 Å². The number of imide groups is 1. The number of hydrogen-bond donors (Lipinski definition) is 2. The fraction of sp³-hybridized carbons (Fsp3) is 0.273. The van der Waals surface area contributed by atoms with E-state index in [2.05, 4.69) is 5.32 Å². The van der Waals surface area contributed by atoms with Gasteiger partial charge in [0.1, 0.15) is 5.88 Å². The van der Waals surface area contributed by atoms with Gasteiger partial charge in [0.2, 0.25) is 5.91 Å². The molecule has 0 atom stereocenters. The van der Waals surface area contributed by atoms with Gasteiger partial charge in [-0.05, 0) is 17.7 Å². The number of halogens is 4. The van der Waals surface area contributed by atoms with E-state index in [0.717, 1.165) is 12.1 Å². The average Bonchev–Trinajstić information content (AvgIpc) is 2.35. The standard InChI is InChI=1S/C11H10ClF3N2O2/c12-5-9(18)17-10(19)16-6-7-1-3-8(4-2-7)11(13,14)15/h1-4H,5-6H2,(H2,16,17,18,19). The summed E-state index contributed by atoms with van der Waals surface area (Å²) in [5, 5.41) is 4.25. The van der Waals surface area contributed by atoms with E-state index in [1.54, 1.807) is 0 Å². The minimum Gasteiger partial charge on any atom is -0.334 e. The van der Waals surface area contributed by atoms with Crippen LogP contribution in [0.3, 0.4) is 0 Å². The minimum absolute atomic E-state index is 0.000460. The van der Waals surface area contributed by atoms with Crippen molar-refractivity contribution in [1.29, 1.82) is 0 Å². The van der Waals surface area contributed by atoms with Crippen LogP contribution in [0.25, 0.3) is 0 Å². The zero-order valence-corrected chi connectivity index (χ0v) is 10.3. The second kappa shape index (κ2) is 6.42. The van der Waals surface area contributed by atoms with Gasteiger partial charge in [-0.3, -0.25) is 10.1 Å². The summed E-state index contributed by atoms with van der Waals surface area (Å²) < 4.78 is 36.9. The van der Waals surface area contributed by atoms with Gasteiger partial charge < -0.3 is 5.32 Å². The molecule has 1 aromatic carbocycles. The maximum absolute atomic E-state index is 12.3. The average molecular weight is 295 g/mol. The molecule has 0 aliphatic rings. The van der Waals surface area contributed by atoms with Gasteiger partial charge in [-0.25, -0.2) is 4.79 Å². The molecule has 0 unspecified atom stereocenters. The number of amides is 3. The number of urea groups is 1. The van der Waals surface area contributed by atoms with Crippen LogP contribution in [-0.2, 0) is 17.5 Å². The number of carbonyl (C=O) groups is 2. The second-order valence-corrected chi connectivity index (χ2v) is 3.83. The monoisotopic (exact) mass is 294 g/mol. The highest BCUT2D eigenvalue weighted by molar-refractivity contribution is 6.28. The molecule has 0 saturated heterocycles. The van der Waals surface area contributed by atoms with Crippen LogP contribution in [0.1, 0.15) is 11.1 Å². The SMILES string of the molecule is O=C(CCl)NC(=O)NCc1ccc(C(F)(F)F)cc1. The molecule has 0 bridgehead atoms. The fourth-order valence-corrected chi connectivity index (χ4v) is 1.26. The molecule has 4 nitrogen and oxygen atoms in total. The van der Waals surface area contributed by atoms with Gasteiger partial charge >= 0.3 is 12.2 Å². The molecule has 0 spiro atoms. The number of benzene rings is 1. The van der Waals surface area contributed by atoms with Gasteiger partial charge in [0.05, 0.1) is 5.56 Å². The van der Waals surface area contributed by atoms with Crippen molar-refractivity contribution >= 4 is 23.5 Å². The zero-order chi connectivity index (χ0) is 14.5. The molecule has 1 aromatic rings. The van der Waals surface area contributed by atoms with Crippen molar-refractivity contribution in [2.75, 3.05) is 5.88 Å². The Morgan fingerprint density at radius 3 is 2.21 bits per heavy atom. The molecule has 0 aromatic heterocycles. The summed E-state index contributed by atoms with van der Waals surface area (Å²) in [6.07, 6.45) is -4.39. The first-order chi connectivity index (χ1) is 8.82. The third-order valence-electron chi connectivity index (χ3n) is 2.11. The lowest BCUT2D eigenvalue weighted by molar-refractivity contribution is -0.137. The van der Waals surface area contributed by atoms with Crippen LogP contribution >= 0.6 is 11.6 Å². The molecule has 0 heterocycles. The van der Waals surface area contributed by atoms with Gasteiger partial charge in [0.25, 0.3) is 0 Å². The Bertz CT molecular complexity index is 460. The second-order valence-electron chi connectivity index (χ2n) is 3.56. The Morgan fingerprint density at radius 2 is 1.74 bits per heavy atom. The number of carbonyl (C=O) groups excluding carboxylic acids is 2. The van der Waals surface area contributed by atoms with Crippen molar-refractivity contribution in [3.8, 4) is 0 Å². The summed E-state index contributed by atoms with van der Waals surface area (Å²) in [5.74, 6) is -1.01. The van der Waals surface area contributed by atoms with Crippen molar-refractivity contribution in [3.05, 3.63) is 35.4 Å². The van der Waals surface area contributed by atoms with Gasteiger partial charge in [-0.15, -0.1) is 11.6 Å². The Hall–Kier alpha value is -1.76. The molecule has 0 aliphatic heterocycles. The lowest BCUT2D eigenvalue weighted by atomic mass is 10.1. The van der Waals surface area contributed by atoms with Crippen LogP contribution in [0.4, 0.5) is 18.0 Å². The maximum atomic E-state index is 12.3. The van der Waals surface area contributed by atoms with Gasteiger partial charge in [-0.1, -0.05) is 12.1 Å². The number of rotatable bonds is 3. The van der Waals surface area contributed by atoms with E-state index in [-0.39, 0.29) is 12.4 Å². The van der Waals surface area contributed by atoms with Gasteiger partial charge in [-0.2, -0.15) is 13.2 Å². The number of hydrogen-bond acceptors (Lipinski definition) is 2. The highest BCUT2D eigenvalue weighted by Gasteiger charge is 2.29. The van der Waals surface area contributed by atoms with Gasteiger partial charge in [0.15, 0.2) is 0 Å². The molecule has 19 heavy (non-hydrogen) atoms. The molecule has 0 radical (unpaired) electrons. The van der Waals surface area contributed by atoms with Crippen LogP contribution in [-0.4, -0.2) is 17.8 Å². The summed E-state index contributed by atoms with van der Waals surface area (Å²) >= 11 is 5.17.